The topological polar surface area (TPSA) is 199 Å². The molecule has 11 heteroatoms. The number of carboxylic acids is 1. The van der Waals surface area contributed by atoms with Crippen LogP contribution >= 0.6 is 0 Å². The predicted octanol–water partition coefficient (Wildman–Crippen LogP) is -0.600. The average molecular weight is 482 g/mol. The van der Waals surface area contributed by atoms with E-state index in [0.29, 0.717) is 5.56 Å². The van der Waals surface area contributed by atoms with E-state index in [1.54, 1.807) is 0 Å². The van der Waals surface area contributed by atoms with Crippen LogP contribution < -0.4 is 5.73 Å². The second kappa shape index (κ2) is 7.97. The second-order valence-electron chi connectivity index (χ2n) is 9.00. The van der Waals surface area contributed by atoms with Gasteiger partial charge in [-0.25, -0.2) is 4.79 Å². The van der Waals surface area contributed by atoms with Crippen LogP contribution in [0.1, 0.15) is 23.1 Å². The lowest BCUT2D eigenvalue weighted by Gasteiger charge is -2.50. The van der Waals surface area contributed by atoms with Crippen LogP contribution in [0.25, 0.3) is 5.76 Å². The molecule has 1 aromatic rings. The Hall–Kier alpha value is -4.14. The van der Waals surface area contributed by atoms with E-state index in [-0.39, 0.29) is 29.5 Å². The largest absolute Gasteiger partial charge is 0.508 e. The molecule has 1 aromatic carbocycles. The van der Waals surface area contributed by atoms with Gasteiger partial charge in [-0.15, -0.1) is 0 Å². The minimum atomic E-state index is -2.72. The normalized spacial score (nSPS) is 27.6. The highest BCUT2D eigenvalue weighted by molar-refractivity contribution is 6.24. The fourth-order valence-corrected chi connectivity index (χ4v) is 5.48. The molecule has 0 aromatic heterocycles. The molecule has 182 valence electrons. The molecule has 7 N–H and O–H groups in total. The van der Waals surface area contributed by atoms with Crippen molar-refractivity contribution in [2.75, 3.05) is 14.1 Å². The molecule has 1 saturated carbocycles. The van der Waals surface area contributed by atoms with Gasteiger partial charge in [0.15, 0.2) is 11.4 Å². The van der Waals surface area contributed by atoms with E-state index in [2.05, 4.69) is 5.92 Å². The third-order valence-corrected chi connectivity index (χ3v) is 6.91. The molecule has 0 aliphatic heterocycles. The first-order valence-electron chi connectivity index (χ1n) is 10.6. The van der Waals surface area contributed by atoms with Crippen molar-refractivity contribution in [3.8, 4) is 17.6 Å². The maximum Gasteiger partial charge on any atom is 0.382 e. The molecule has 3 aliphatic carbocycles. The summed E-state index contributed by atoms with van der Waals surface area (Å²) in [5.74, 6) is -4.46. The highest BCUT2D eigenvalue weighted by atomic mass is 16.4. The maximum atomic E-state index is 13.7. The number of hydrogen-bond acceptors (Lipinski definition) is 9. The van der Waals surface area contributed by atoms with Gasteiger partial charge in [0.2, 0.25) is 5.78 Å². The quantitative estimate of drug-likeness (QED) is 0.234. The lowest BCUT2D eigenvalue weighted by molar-refractivity contribution is -0.153. The van der Waals surface area contributed by atoms with Crippen LogP contribution in [0.3, 0.4) is 0 Å². The predicted molar refractivity (Wildman–Crippen MR) is 119 cm³/mol. The summed E-state index contributed by atoms with van der Waals surface area (Å²) in [6, 6.07) is 1.36. The smallest absolute Gasteiger partial charge is 0.382 e. The Bertz CT molecular complexity index is 1340. The molecule has 0 saturated heterocycles. The van der Waals surface area contributed by atoms with Crippen molar-refractivity contribution in [2.24, 2.45) is 17.6 Å². The number of carbonyl (C=O) groups is 4. The van der Waals surface area contributed by atoms with Gasteiger partial charge in [-0.2, -0.15) is 0 Å². The van der Waals surface area contributed by atoms with Crippen LogP contribution in [0.2, 0.25) is 0 Å². The number of carboxylic acid groups (broad SMARTS) is 1. The number of hydrogen-bond donors (Lipinski definition) is 6. The molecule has 35 heavy (non-hydrogen) atoms. The third-order valence-electron chi connectivity index (χ3n) is 6.91. The van der Waals surface area contributed by atoms with E-state index in [4.69, 9.17) is 10.8 Å². The summed E-state index contributed by atoms with van der Waals surface area (Å²) in [6.45, 7) is 0. The maximum absolute atomic E-state index is 13.7. The van der Waals surface area contributed by atoms with Crippen molar-refractivity contribution >= 4 is 29.2 Å². The molecule has 0 heterocycles. The van der Waals surface area contributed by atoms with E-state index in [1.165, 1.54) is 31.1 Å². The van der Waals surface area contributed by atoms with Gasteiger partial charge in [0.05, 0.1) is 11.6 Å². The molecule has 0 spiro atoms. The number of rotatable bonds is 2. The summed E-state index contributed by atoms with van der Waals surface area (Å²) < 4.78 is 0. The van der Waals surface area contributed by atoms with Crippen molar-refractivity contribution in [1.29, 1.82) is 0 Å². The zero-order valence-corrected chi connectivity index (χ0v) is 18.7. The van der Waals surface area contributed by atoms with E-state index >= 15 is 0 Å². The van der Waals surface area contributed by atoms with Crippen LogP contribution in [0.15, 0.2) is 29.0 Å². The van der Waals surface area contributed by atoms with Crippen molar-refractivity contribution < 1.29 is 44.7 Å². The molecule has 1 amide bonds. The zero-order valence-electron chi connectivity index (χ0n) is 18.7. The number of Topliss-reactive ketones (excluding diaryl/α,β-unsaturated/α-hetero) is 2. The number of primary amides is 1. The van der Waals surface area contributed by atoms with Gasteiger partial charge in [-0.3, -0.25) is 19.3 Å². The number of ketones is 2. The summed E-state index contributed by atoms with van der Waals surface area (Å²) in [4.78, 5) is 51.0. The van der Waals surface area contributed by atoms with Crippen molar-refractivity contribution in [2.45, 2.75) is 24.5 Å². The van der Waals surface area contributed by atoms with E-state index in [9.17, 15) is 39.6 Å². The number of aliphatic hydroxyl groups excluding tert-OH is 2. The van der Waals surface area contributed by atoms with Crippen LogP contribution in [0.4, 0.5) is 0 Å². The highest BCUT2D eigenvalue weighted by Crippen LogP contribution is 2.52. The van der Waals surface area contributed by atoms with Gasteiger partial charge in [0, 0.05) is 23.0 Å². The molecule has 0 unspecified atom stereocenters. The Morgan fingerprint density at radius 1 is 1.17 bits per heavy atom. The summed E-state index contributed by atoms with van der Waals surface area (Å²) >= 11 is 0. The molecule has 11 nitrogen and oxygen atoms in total. The number of nitrogens with zero attached hydrogens (tertiary/aromatic N) is 1. The monoisotopic (exact) mass is 482 g/mol. The van der Waals surface area contributed by atoms with Gasteiger partial charge in [-0.1, -0.05) is 5.92 Å². The SMILES string of the molecule is CN(C)[C@@H]1C(=O)C(C(N)=O)=C(O)[C@@]2(O)C(=O)C3=C(O)c4c(O)ccc(C#CC(=O)O)c4C[C@H]3C[C@@H]12. The lowest BCUT2D eigenvalue weighted by atomic mass is 9.57. The first-order chi connectivity index (χ1) is 16.3. The number of amides is 1. The molecule has 0 radical (unpaired) electrons. The summed E-state index contributed by atoms with van der Waals surface area (Å²) in [5, 5.41) is 52.7. The lowest BCUT2D eigenvalue weighted by Crippen LogP contribution is -2.65. The Morgan fingerprint density at radius 2 is 1.83 bits per heavy atom. The molecule has 4 atom stereocenters. The number of aliphatic hydroxyl groups is 3. The number of benzene rings is 1. The van der Waals surface area contributed by atoms with Crippen molar-refractivity contribution in [3.05, 3.63) is 45.7 Å². The standard InChI is InChI=1S/C24H22N2O9/c1-26(2)18-12-8-10-7-11-9(4-6-14(28)29)3-5-13(27)16(11)19(30)15(10)21(32)24(12,35)22(33)17(20(18)31)23(25)34/h3,5,10,12,18,27,30,33,35H,7-8H2,1-2H3,(H2,25,34)(H,28,29)/t10-,12-,18-,24-/m0/s1. The molecule has 0 bridgehead atoms. The molecular weight excluding hydrogens is 460 g/mol. The number of phenolic OH excluding ortho intramolecular Hbond substituents is 1. The highest BCUT2D eigenvalue weighted by Gasteiger charge is 2.64. The fraction of sp³-hybridized carbons (Fsp3) is 0.333. The van der Waals surface area contributed by atoms with E-state index in [0.717, 1.165) is 0 Å². The number of fused-ring (bicyclic) bond motifs is 3. The minimum Gasteiger partial charge on any atom is -0.508 e. The van der Waals surface area contributed by atoms with Crippen LogP contribution in [0, 0.1) is 23.7 Å². The molecular formula is C24H22N2O9. The summed E-state index contributed by atoms with van der Waals surface area (Å²) in [6.07, 6.45) is -0.0558. The number of nitrogens with two attached hydrogens (primary N) is 1. The first-order valence-corrected chi connectivity index (χ1v) is 10.6. The van der Waals surface area contributed by atoms with Crippen LogP contribution in [-0.4, -0.2) is 79.6 Å². The Morgan fingerprint density at radius 3 is 2.40 bits per heavy atom. The molecule has 3 aliphatic rings. The average Bonchev–Trinajstić information content (AvgIpc) is 2.75. The number of aliphatic carboxylic acids is 1. The van der Waals surface area contributed by atoms with Crippen molar-refractivity contribution in [1.82, 2.24) is 4.90 Å². The number of phenols is 1. The Balaban J connectivity index is 1.98. The first kappa shape index (κ1) is 24.0. The van der Waals surface area contributed by atoms with Crippen LogP contribution in [-0.2, 0) is 25.6 Å². The number of aromatic hydroxyl groups is 1. The number of likely N-dealkylation sites (N-methyl/N-ethyl adjacent to an activating group) is 1. The van der Waals surface area contributed by atoms with E-state index in [1.807, 2.05) is 5.92 Å². The summed E-state index contributed by atoms with van der Waals surface area (Å²) in [7, 11) is 3.01. The van der Waals surface area contributed by atoms with Crippen LogP contribution in [0.5, 0.6) is 5.75 Å². The Labute approximate surface area is 198 Å². The van der Waals surface area contributed by atoms with Gasteiger partial charge in [0.25, 0.3) is 5.91 Å². The third kappa shape index (κ3) is 3.30. The van der Waals surface area contributed by atoms with Gasteiger partial charge in [0.1, 0.15) is 22.8 Å². The molecule has 1 fully saturated rings. The Kier molecular flexibility index (Phi) is 5.47. The number of carbonyl (C=O) groups excluding carboxylic acids is 3. The van der Waals surface area contributed by atoms with Crippen molar-refractivity contribution in [3.63, 3.8) is 0 Å². The fourth-order valence-electron chi connectivity index (χ4n) is 5.48. The molecule has 4 rings (SSSR count). The van der Waals surface area contributed by atoms with Gasteiger partial charge in [-0.05, 0) is 50.6 Å². The van der Waals surface area contributed by atoms with E-state index < -0.39 is 69.8 Å². The second-order valence-corrected chi connectivity index (χ2v) is 9.00. The van der Waals surface area contributed by atoms with Gasteiger partial charge < -0.3 is 31.3 Å². The minimum absolute atomic E-state index is 0.0204. The summed E-state index contributed by atoms with van der Waals surface area (Å²) in [5.41, 5.74) is 1.72. The zero-order chi connectivity index (χ0) is 26.0. The van der Waals surface area contributed by atoms with Gasteiger partial charge >= 0.3 is 5.97 Å².